The SMILES string of the molecule is CCCCCCCCCCCCCCCCCCCCCCOC(=O)c1ccc(B(O)O)cc1. The molecule has 4 nitrogen and oxygen atoms in total. The minimum atomic E-state index is -1.51. The second kappa shape index (κ2) is 22.2. The van der Waals surface area contributed by atoms with Gasteiger partial charge in [-0.1, -0.05) is 141 Å². The highest BCUT2D eigenvalue weighted by molar-refractivity contribution is 6.58. The Hall–Kier alpha value is -1.33. The quantitative estimate of drug-likeness (QED) is 0.0989. The molecule has 0 heterocycles. The van der Waals surface area contributed by atoms with Gasteiger partial charge in [0.15, 0.2) is 0 Å². The Kier molecular flexibility index (Phi) is 20.0. The van der Waals surface area contributed by atoms with Gasteiger partial charge in [0.2, 0.25) is 0 Å². The van der Waals surface area contributed by atoms with Gasteiger partial charge in [-0.2, -0.15) is 0 Å². The topological polar surface area (TPSA) is 66.8 Å². The van der Waals surface area contributed by atoms with E-state index in [4.69, 9.17) is 14.8 Å². The fourth-order valence-corrected chi connectivity index (χ4v) is 4.40. The molecule has 0 aromatic heterocycles. The third-order valence-electron chi connectivity index (χ3n) is 6.68. The summed E-state index contributed by atoms with van der Waals surface area (Å²) in [4.78, 5) is 12.0. The zero-order chi connectivity index (χ0) is 24.7. The van der Waals surface area contributed by atoms with Crippen molar-refractivity contribution in [3.63, 3.8) is 0 Å². The summed E-state index contributed by atoms with van der Waals surface area (Å²) in [5.74, 6) is -0.350. The van der Waals surface area contributed by atoms with E-state index in [1.165, 1.54) is 128 Å². The normalized spacial score (nSPS) is 11.0. The van der Waals surface area contributed by atoms with Gasteiger partial charge in [-0.25, -0.2) is 4.79 Å². The molecule has 1 rings (SSSR count). The molecule has 0 saturated heterocycles. The first-order valence-corrected chi connectivity index (χ1v) is 14.3. The van der Waals surface area contributed by atoms with Crippen LogP contribution in [0.5, 0.6) is 0 Å². The summed E-state index contributed by atoms with van der Waals surface area (Å²) in [7, 11) is -1.51. The number of ether oxygens (including phenoxy) is 1. The van der Waals surface area contributed by atoms with Crippen LogP contribution in [0.3, 0.4) is 0 Å². The van der Waals surface area contributed by atoms with Crippen LogP contribution < -0.4 is 5.46 Å². The summed E-state index contributed by atoms with van der Waals surface area (Å²) in [6.07, 6.45) is 27.0. The maximum Gasteiger partial charge on any atom is 0.488 e. The molecule has 0 aliphatic heterocycles. The summed E-state index contributed by atoms with van der Waals surface area (Å²) in [6, 6.07) is 6.18. The number of benzene rings is 1. The molecular weight excluding hydrogens is 423 g/mol. The molecule has 0 atom stereocenters. The van der Waals surface area contributed by atoms with E-state index >= 15 is 0 Å². The molecule has 34 heavy (non-hydrogen) atoms. The number of carbonyl (C=O) groups excluding carboxylic acids is 1. The molecule has 0 aliphatic carbocycles. The third kappa shape index (κ3) is 17.2. The summed E-state index contributed by atoms with van der Waals surface area (Å²) in [5, 5.41) is 18.2. The average Bonchev–Trinajstić information content (AvgIpc) is 2.85. The molecule has 0 fully saturated rings. The van der Waals surface area contributed by atoms with Crippen molar-refractivity contribution in [1.82, 2.24) is 0 Å². The molecule has 2 N–H and O–H groups in total. The van der Waals surface area contributed by atoms with Crippen LogP contribution in [0.15, 0.2) is 24.3 Å². The number of esters is 1. The highest BCUT2D eigenvalue weighted by Crippen LogP contribution is 2.15. The summed E-state index contributed by atoms with van der Waals surface area (Å²) >= 11 is 0. The van der Waals surface area contributed by atoms with Crippen LogP contribution in [0.4, 0.5) is 0 Å². The van der Waals surface area contributed by atoms with Crippen LogP contribution >= 0.6 is 0 Å². The molecule has 0 radical (unpaired) electrons. The number of hydrogen-bond acceptors (Lipinski definition) is 4. The fraction of sp³-hybridized carbons (Fsp3) is 0.759. The minimum absolute atomic E-state index is 0.350. The fourth-order valence-electron chi connectivity index (χ4n) is 4.40. The summed E-state index contributed by atoms with van der Waals surface area (Å²) < 4.78 is 5.30. The van der Waals surface area contributed by atoms with E-state index in [9.17, 15) is 4.79 Å². The van der Waals surface area contributed by atoms with Gasteiger partial charge in [0, 0.05) is 0 Å². The van der Waals surface area contributed by atoms with Gasteiger partial charge in [-0.15, -0.1) is 0 Å². The van der Waals surface area contributed by atoms with Crippen molar-refractivity contribution in [2.24, 2.45) is 0 Å². The summed E-state index contributed by atoms with van der Waals surface area (Å²) in [5.41, 5.74) is 0.809. The lowest BCUT2D eigenvalue weighted by atomic mass is 9.80. The standard InChI is InChI=1S/C29H51BO4/c1-2-3-4-5-6-7-8-9-10-11-12-13-14-15-16-17-18-19-20-21-26-34-29(31)27-22-24-28(25-23-27)30(32)33/h22-25,32-33H,2-21,26H2,1H3. The van der Waals surface area contributed by atoms with Crippen molar-refractivity contribution in [2.75, 3.05) is 6.61 Å². The zero-order valence-corrected chi connectivity index (χ0v) is 21.9. The Balaban J connectivity index is 1.78. The van der Waals surface area contributed by atoms with Crippen LogP contribution in [0, 0.1) is 0 Å². The number of rotatable bonds is 23. The lowest BCUT2D eigenvalue weighted by Gasteiger charge is -2.06. The zero-order valence-electron chi connectivity index (χ0n) is 21.9. The first-order chi connectivity index (χ1) is 16.6. The summed E-state index contributed by atoms with van der Waals surface area (Å²) in [6.45, 7) is 2.73. The molecule has 1 aromatic rings. The predicted molar refractivity (Wildman–Crippen MR) is 145 cm³/mol. The molecule has 0 bridgehead atoms. The molecule has 1 aromatic carbocycles. The van der Waals surface area contributed by atoms with E-state index in [0.717, 1.165) is 12.8 Å². The largest absolute Gasteiger partial charge is 0.488 e. The third-order valence-corrected chi connectivity index (χ3v) is 6.68. The van der Waals surface area contributed by atoms with E-state index < -0.39 is 7.12 Å². The Morgan fingerprint density at radius 1 is 0.618 bits per heavy atom. The van der Waals surface area contributed by atoms with Crippen molar-refractivity contribution >= 4 is 18.6 Å². The van der Waals surface area contributed by atoms with Crippen LogP contribution in [0.25, 0.3) is 0 Å². The minimum Gasteiger partial charge on any atom is -0.462 e. The molecule has 0 saturated carbocycles. The van der Waals surface area contributed by atoms with Gasteiger partial charge in [-0.3, -0.25) is 0 Å². The van der Waals surface area contributed by atoms with Crippen molar-refractivity contribution in [1.29, 1.82) is 0 Å². The van der Waals surface area contributed by atoms with Crippen LogP contribution in [-0.2, 0) is 4.74 Å². The van der Waals surface area contributed by atoms with Crippen LogP contribution in [-0.4, -0.2) is 29.7 Å². The predicted octanol–water partition coefficient (Wildman–Crippen LogP) is 7.35. The van der Waals surface area contributed by atoms with Crippen molar-refractivity contribution in [2.45, 2.75) is 135 Å². The molecule has 0 amide bonds. The Labute approximate surface area is 210 Å². The van der Waals surface area contributed by atoms with Crippen LogP contribution in [0.2, 0.25) is 0 Å². The highest BCUT2D eigenvalue weighted by atomic mass is 16.5. The van der Waals surface area contributed by atoms with Gasteiger partial charge >= 0.3 is 13.1 Å². The van der Waals surface area contributed by atoms with Crippen molar-refractivity contribution in [3.8, 4) is 0 Å². The molecule has 194 valence electrons. The lowest BCUT2D eigenvalue weighted by Crippen LogP contribution is -2.29. The molecule has 0 spiro atoms. The maximum atomic E-state index is 12.0. The number of carbonyl (C=O) groups is 1. The number of unbranched alkanes of at least 4 members (excludes halogenated alkanes) is 19. The maximum absolute atomic E-state index is 12.0. The van der Waals surface area contributed by atoms with Gasteiger partial charge in [-0.05, 0) is 24.0 Å². The highest BCUT2D eigenvalue weighted by Gasteiger charge is 2.12. The molecule has 0 aliphatic rings. The van der Waals surface area contributed by atoms with E-state index in [2.05, 4.69) is 6.92 Å². The van der Waals surface area contributed by atoms with Crippen molar-refractivity contribution in [3.05, 3.63) is 29.8 Å². The first-order valence-electron chi connectivity index (χ1n) is 14.3. The first kappa shape index (κ1) is 30.7. The molecule has 5 heteroatoms. The average molecular weight is 475 g/mol. The smallest absolute Gasteiger partial charge is 0.462 e. The van der Waals surface area contributed by atoms with E-state index in [1.54, 1.807) is 12.1 Å². The van der Waals surface area contributed by atoms with E-state index in [1.807, 2.05) is 0 Å². The molecular formula is C29H51BO4. The monoisotopic (exact) mass is 474 g/mol. The Bertz CT molecular complexity index is 588. The van der Waals surface area contributed by atoms with E-state index in [-0.39, 0.29) is 5.97 Å². The Morgan fingerprint density at radius 2 is 0.971 bits per heavy atom. The van der Waals surface area contributed by atoms with Gasteiger partial charge in [0.05, 0.1) is 12.2 Å². The van der Waals surface area contributed by atoms with Gasteiger partial charge in [0.25, 0.3) is 0 Å². The lowest BCUT2D eigenvalue weighted by molar-refractivity contribution is 0.0497. The molecule has 0 unspecified atom stereocenters. The second-order valence-electron chi connectivity index (χ2n) is 9.85. The van der Waals surface area contributed by atoms with Crippen molar-refractivity contribution < 1.29 is 19.6 Å². The van der Waals surface area contributed by atoms with Gasteiger partial charge < -0.3 is 14.8 Å². The second-order valence-corrected chi connectivity index (χ2v) is 9.85. The number of hydrogen-bond donors (Lipinski definition) is 2. The van der Waals surface area contributed by atoms with E-state index in [0.29, 0.717) is 17.6 Å². The van der Waals surface area contributed by atoms with Gasteiger partial charge in [0.1, 0.15) is 0 Å². The Morgan fingerprint density at radius 3 is 1.32 bits per heavy atom. The van der Waals surface area contributed by atoms with Crippen LogP contribution in [0.1, 0.15) is 146 Å².